The molecule has 1 aliphatic heterocycles. The van der Waals surface area contributed by atoms with Crippen LogP contribution in [0.3, 0.4) is 0 Å². The number of carboxylic acid groups (broad SMARTS) is 1. The largest absolute Gasteiger partial charge is 0.488 e. The SMILES string of the molecule is CC1(C)CCc2c(ccc(C(=O)O)c2Cl)O1. The van der Waals surface area contributed by atoms with Gasteiger partial charge in [0.05, 0.1) is 10.6 Å². The number of halogens is 1. The van der Waals surface area contributed by atoms with Crippen LogP contribution in [0, 0.1) is 0 Å². The van der Waals surface area contributed by atoms with Gasteiger partial charge in [0.25, 0.3) is 0 Å². The van der Waals surface area contributed by atoms with Crippen LogP contribution < -0.4 is 4.74 Å². The van der Waals surface area contributed by atoms with Crippen molar-refractivity contribution in [3.8, 4) is 5.75 Å². The predicted octanol–water partition coefficient (Wildman–Crippen LogP) is 3.14. The molecule has 1 aliphatic rings. The van der Waals surface area contributed by atoms with Crippen LogP contribution in [0.15, 0.2) is 12.1 Å². The summed E-state index contributed by atoms with van der Waals surface area (Å²) < 4.78 is 5.76. The second-order valence-corrected chi connectivity index (χ2v) is 4.95. The molecule has 0 atom stereocenters. The summed E-state index contributed by atoms with van der Waals surface area (Å²) >= 11 is 6.05. The van der Waals surface area contributed by atoms with Gasteiger partial charge in [0, 0.05) is 5.56 Å². The van der Waals surface area contributed by atoms with Crippen molar-refractivity contribution in [3.05, 3.63) is 28.3 Å². The van der Waals surface area contributed by atoms with E-state index in [4.69, 9.17) is 21.4 Å². The monoisotopic (exact) mass is 240 g/mol. The fourth-order valence-corrected chi connectivity index (χ4v) is 2.20. The summed E-state index contributed by atoms with van der Waals surface area (Å²) in [5.74, 6) is -0.302. The number of benzene rings is 1. The van der Waals surface area contributed by atoms with Crippen LogP contribution in [-0.2, 0) is 6.42 Å². The Bertz CT molecular complexity index is 452. The molecule has 0 aliphatic carbocycles. The van der Waals surface area contributed by atoms with Gasteiger partial charge in [-0.15, -0.1) is 0 Å². The molecule has 1 heterocycles. The summed E-state index contributed by atoms with van der Waals surface area (Å²) in [6.45, 7) is 4.02. The van der Waals surface area contributed by atoms with Crippen molar-refractivity contribution in [3.63, 3.8) is 0 Å². The predicted molar refractivity (Wildman–Crippen MR) is 61.4 cm³/mol. The number of aromatic carboxylic acids is 1. The van der Waals surface area contributed by atoms with Crippen LogP contribution >= 0.6 is 11.6 Å². The molecule has 16 heavy (non-hydrogen) atoms. The minimum atomic E-state index is -1.00. The average Bonchev–Trinajstić information content (AvgIpc) is 2.15. The Labute approximate surface area is 99.0 Å². The first-order valence-corrected chi connectivity index (χ1v) is 5.52. The van der Waals surface area contributed by atoms with E-state index in [9.17, 15) is 4.79 Å². The molecule has 0 saturated carbocycles. The van der Waals surface area contributed by atoms with E-state index in [0.29, 0.717) is 10.8 Å². The quantitative estimate of drug-likeness (QED) is 0.820. The summed E-state index contributed by atoms with van der Waals surface area (Å²) in [6, 6.07) is 3.18. The van der Waals surface area contributed by atoms with Gasteiger partial charge in [-0.05, 0) is 38.8 Å². The summed E-state index contributed by atoms with van der Waals surface area (Å²) in [5, 5.41) is 9.25. The van der Waals surface area contributed by atoms with Gasteiger partial charge in [-0.1, -0.05) is 11.6 Å². The zero-order valence-corrected chi connectivity index (χ0v) is 9.97. The van der Waals surface area contributed by atoms with Gasteiger partial charge in [-0.2, -0.15) is 0 Å². The first-order chi connectivity index (χ1) is 7.41. The highest BCUT2D eigenvalue weighted by atomic mass is 35.5. The second kappa shape index (κ2) is 3.67. The van der Waals surface area contributed by atoms with Crippen LogP contribution in [0.1, 0.15) is 36.2 Å². The molecule has 0 amide bonds. The molecule has 0 aromatic heterocycles. The lowest BCUT2D eigenvalue weighted by Crippen LogP contribution is -2.32. The number of carbonyl (C=O) groups is 1. The molecule has 0 radical (unpaired) electrons. The van der Waals surface area contributed by atoms with Crippen molar-refractivity contribution >= 4 is 17.6 Å². The van der Waals surface area contributed by atoms with E-state index in [1.165, 1.54) is 6.07 Å². The van der Waals surface area contributed by atoms with Crippen LogP contribution in [0.25, 0.3) is 0 Å². The number of hydrogen-bond acceptors (Lipinski definition) is 2. The van der Waals surface area contributed by atoms with Crippen molar-refractivity contribution in [2.45, 2.75) is 32.3 Å². The van der Waals surface area contributed by atoms with Crippen LogP contribution in [0.4, 0.5) is 0 Å². The highest BCUT2D eigenvalue weighted by molar-refractivity contribution is 6.34. The fourth-order valence-electron chi connectivity index (χ4n) is 1.87. The van der Waals surface area contributed by atoms with Crippen LogP contribution in [0.5, 0.6) is 5.75 Å². The molecule has 0 saturated heterocycles. The van der Waals surface area contributed by atoms with E-state index in [-0.39, 0.29) is 11.2 Å². The molecule has 0 unspecified atom stereocenters. The number of rotatable bonds is 1. The van der Waals surface area contributed by atoms with Gasteiger partial charge >= 0.3 is 5.97 Å². The molecule has 3 nitrogen and oxygen atoms in total. The summed E-state index contributed by atoms with van der Waals surface area (Å²) in [7, 11) is 0. The molecule has 2 rings (SSSR count). The number of hydrogen-bond donors (Lipinski definition) is 1. The zero-order valence-electron chi connectivity index (χ0n) is 9.21. The third kappa shape index (κ3) is 1.87. The highest BCUT2D eigenvalue weighted by Gasteiger charge is 2.29. The molecule has 0 fully saturated rings. The first-order valence-electron chi connectivity index (χ1n) is 5.14. The van der Waals surface area contributed by atoms with E-state index in [2.05, 4.69) is 0 Å². The normalized spacial score (nSPS) is 17.4. The third-order valence-corrected chi connectivity index (χ3v) is 3.23. The maximum absolute atomic E-state index is 10.9. The first kappa shape index (κ1) is 11.3. The van der Waals surface area contributed by atoms with Crippen molar-refractivity contribution in [1.82, 2.24) is 0 Å². The van der Waals surface area contributed by atoms with E-state index >= 15 is 0 Å². The third-order valence-electron chi connectivity index (χ3n) is 2.79. The van der Waals surface area contributed by atoms with Gasteiger partial charge in [-0.25, -0.2) is 4.79 Å². The van der Waals surface area contributed by atoms with Crippen molar-refractivity contribution in [2.75, 3.05) is 0 Å². The second-order valence-electron chi connectivity index (χ2n) is 4.57. The lowest BCUT2D eigenvalue weighted by Gasteiger charge is -2.33. The maximum atomic E-state index is 10.9. The Balaban J connectivity index is 2.49. The van der Waals surface area contributed by atoms with Gasteiger partial charge in [-0.3, -0.25) is 0 Å². The van der Waals surface area contributed by atoms with E-state index in [0.717, 1.165) is 18.4 Å². The summed E-state index contributed by atoms with van der Waals surface area (Å²) in [4.78, 5) is 10.9. The Hall–Kier alpha value is -1.22. The molecule has 1 aromatic rings. The molecule has 4 heteroatoms. The molecule has 1 aromatic carbocycles. The number of fused-ring (bicyclic) bond motifs is 1. The molecule has 1 N–H and O–H groups in total. The molecular weight excluding hydrogens is 228 g/mol. The minimum absolute atomic E-state index is 0.142. The minimum Gasteiger partial charge on any atom is -0.488 e. The Kier molecular flexibility index (Phi) is 2.58. The standard InChI is InChI=1S/C12H13ClO3/c1-12(2)6-5-7-9(16-12)4-3-8(10(7)13)11(14)15/h3-4H,5-6H2,1-2H3,(H,14,15). The Morgan fingerprint density at radius 1 is 1.50 bits per heavy atom. The topological polar surface area (TPSA) is 46.5 Å². The van der Waals surface area contributed by atoms with Crippen LogP contribution in [0.2, 0.25) is 5.02 Å². The summed E-state index contributed by atoms with van der Waals surface area (Å²) in [5.41, 5.74) is 0.741. The Morgan fingerprint density at radius 2 is 2.19 bits per heavy atom. The van der Waals surface area contributed by atoms with E-state index in [1.807, 2.05) is 13.8 Å². The number of ether oxygens (including phenoxy) is 1. The Morgan fingerprint density at radius 3 is 2.81 bits per heavy atom. The zero-order chi connectivity index (χ0) is 11.9. The van der Waals surface area contributed by atoms with E-state index < -0.39 is 5.97 Å². The number of carboxylic acids is 1. The summed E-state index contributed by atoms with van der Waals surface area (Å²) in [6.07, 6.45) is 1.59. The smallest absolute Gasteiger partial charge is 0.337 e. The lowest BCUT2D eigenvalue weighted by atomic mass is 9.93. The van der Waals surface area contributed by atoms with Gasteiger partial charge in [0.15, 0.2) is 0 Å². The average molecular weight is 241 g/mol. The molecule has 0 spiro atoms. The van der Waals surface area contributed by atoms with Crippen molar-refractivity contribution in [1.29, 1.82) is 0 Å². The maximum Gasteiger partial charge on any atom is 0.337 e. The van der Waals surface area contributed by atoms with Crippen LogP contribution in [-0.4, -0.2) is 16.7 Å². The van der Waals surface area contributed by atoms with Crippen molar-refractivity contribution in [2.24, 2.45) is 0 Å². The van der Waals surface area contributed by atoms with Gasteiger partial charge < -0.3 is 9.84 Å². The lowest BCUT2D eigenvalue weighted by molar-refractivity contribution is 0.0695. The van der Waals surface area contributed by atoms with Crippen molar-refractivity contribution < 1.29 is 14.6 Å². The van der Waals surface area contributed by atoms with Gasteiger partial charge in [0.2, 0.25) is 0 Å². The highest BCUT2D eigenvalue weighted by Crippen LogP contribution is 2.38. The molecule has 86 valence electrons. The fraction of sp³-hybridized carbons (Fsp3) is 0.417. The molecule has 0 bridgehead atoms. The molecular formula is C12H13ClO3. The van der Waals surface area contributed by atoms with E-state index in [1.54, 1.807) is 6.07 Å². The van der Waals surface area contributed by atoms with Gasteiger partial charge in [0.1, 0.15) is 11.4 Å².